The van der Waals surface area contributed by atoms with E-state index >= 15 is 0 Å². The van der Waals surface area contributed by atoms with Gasteiger partial charge in [-0.3, -0.25) is 6.08 Å². The average molecular weight is 179 g/mol. The second-order valence-corrected chi connectivity index (χ2v) is 1.00. The van der Waals surface area contributed by atoms with Crippen LogP contribution in [0.15, 0.2) is 18.2 Å². The largest absolute Gasteiger partial charge is 3.00 e. The molecular weight excluding hydrogens is 164 g/mol. The Labute approximate surface area is 75.9 Å². The number of hydrogen-bond acceptors (Lipinski definition) is 0. The molecule has 0 N–H and O–H groups in total. The van der Waals surface area contributed by atoms with Gasteiger partial charge in [-0.1, -0.05) is 0 Å². The summed E-state index contributed by atoms with van der Waals surface area (Å²) >= 11 is 0. The van der Waals surface area contributed by atoms with Gasteiger partial charge in [-0.2, -0.15) is 19.9 Å². The second kappa shape index (κ2) is 23.0. The second-order valence-electron chi connectivity index (χ2n) is 1.00. The summed E-state index contributed by atoms with van der Waals surface area (Å²) in [5, 5.41) is 0. The summed E-state index contributed by atoms with van der Waals surface area (Å²) in [5.74, 6) is 0. The van der Waals surface area contributed by atoms with Crippen LogP contribution in [0.5, 0.6) is 0 Å². The van der Waals surface area contributed by atoms with Crippen molar-refractivity contribution in [3.05, 3.63) is 38.2 Å². The minimum Gasteiger partial charge on any atom is -0.346 e. The van der Waals surface area contributed by atoms with Gasteiger partial charge in [0.15, 0.2) is 0 Å². The first-order valence-corrected chi connectivity index (χ1v) is 3.13. The maximum atomic E-state index is 3.25. The molecule has 0 fully saturated rings. The predicted octanol–water partition coefficient (Wildman–Crippen LogP) is 2.98. The molecule has 0 nitrogen and oxygen atoms in total. The molecule has 0 aromatic rings. The first-order chi connectivity index (χ1) is 4.50. The fourth-order valence-corrected chi connectivity index (χ4v) is 0.340. The first-order valence-electron chi connectivity index (χ1n) is 3.13. The maximum absolute atomic E-state index is 3.25. The average Bonchev–Trinajstić information content (AvgIpc) is 2.51. The van der Waals surface area contributed by atoms with Crippen LogP contribution in [0.4, 0.5) is 0 Å². The normalized spacial score (nSPS) is 10.0. The topological polar surface area (TPSA) is 0 Å². The fourth-order valence-electron chi connectivity index (χ4n) is 0.340. The van der Waals surface area contributed by atoms with Crippen molar-refractivity contribution in [1.82, 2.24) is 0 Å². The summed E-state index contributed by atoms with van der Waals surface area (Å²) in [6.07, 6.45) is 10.0. The Bertz CT molecular complexity index is 62.8. The van der Waals surface area contributed by atoms with E-state index in [0.717, 1.165) is 6.42 Å². The van der Waals surface area contributed by atoms with Crippen molar-refractivity contribution in [3.8, 4) is 0 Å². The van der Waals surface area contributed by atoms with Gasteiger partial charge in [0.05, 0.1) is 0 Å². The van der Waals surface area contributed by atoms with Crippen LogP contribution in [0.3, 0.4) is 0 Å². The summed E-state index contributed by atoms with van der Waals surface area (Å²) in [4.78, 5) is 0. The number of allylic oxidation sites excluding steroid dienone is 4. The smallest absolute Gasteiger partial charge is 0.346 e. The first kappa shape index (κ1) is 16.5. The van der Waals surface area contributed by atoms with Crippen molar-refractivity contribution in [2.45, 2.75) is 20.3 Å². The van der Waals surface area contributed by atoms with Crippen molar-refractivity contribution in [2.75, 3.05) is 0 Å². The summed E-state index contributed by atoms with van der Waals surface area (Å²) in [6, 6.07) is 0. The summed E-state index contributed by atoms with van der Waals surface area (Å²) in [6.45, 7) is 10.0. The van der Waals surface area contributed by atoms with Gasteiger partial charge in [0, 0.05) is 0 Å². The maximum Gasteiger partial charge on any atom is 3.00 e. The van der Waals surface area contributed by atoms with Gasteiger partial charge in [-0.05, 0) is 0 Å². The molecule has 1 radical (unpaired) electrons. The van der Waals surface area contributed by atoms with Crippen LogP contribution < -0.4 is 0 Å². The van der Waals surface area contributed by atoms with Gasteiger partial charge >= 0.3 is 17.1 Å². The number of hydrogen-bond donors (Lipinski definition) is 0. The van der Waals surface area contributed by atoms with Gasteiger partial charge in [-0.15, -0.1) is 6.42 Å². The quantitative estimate of drug-likeness (QED) is 0.396. The van der Waals surface area contributed by atoms with E-state index in [4.69, 9.17) is 0 Å². The van der Waals surface area contributed by atoms with Gasteiger partial charge in [-0.25, -0.2) is 12.2 Å². The van der Waals surface area contributed by atoms with E-state index in [-0.39, 0.29) is 17.1 Å². The number of rotatable bonds is 0. The molecule has 10 heavy (non-hydrogen) atoms. The molecule has 0 spiro atoms. The molecule has 1 rings (SSSR count). The minimum absolute atomic E-state index is 0. The van der Waals surface area contributed by atoms with Crippen molar-refractivity contribution in [1.29, 1.82) is 0 Å². The van der Waals surface area contributed by atoms with E-state index in [1.54, 1.807) is 13.8 Å². The Morgan fingerprint density at radius 2 is 1.70 bits per heavy atom. The molecule has 0 aromatic carbocycles. The van der Waals surface area contributed by atoms with Gasteiger partial charge in [0.25, 0.3) is 0 Å². The zero-order valence-electron chi connectivity index (χ0n) is 6.71. The van der Waals surface area contributed by atoms with Crippen LogP contribution in [0.2, 0.25) is 0 Å². The summed E-state index contributed by atoms with van der Waals surface area (Å²) in [7, 11) is 0. The molecule has 0 amide bonds. The van der Waals surface area contributed by atoms with E-state index in [0.29, 0.717) is 0 Å². The molecule has 0 saturated carbocycles. The van der Waals surface area contributed by atoms with E-state index in [1.807, 2.05) is 12.2 Å². The zero-order chi connectivity index (χ0) is 7.54. The molecule has 0 unspecified atom stereocenters. The van der Waals surface area contributed by atoms with Crippen LogP contribution in [0, 0.1) is 19.9 Å². The monoisotopic (exact) mass is 179 g/mol. The molecule has 0 aromatic heterocycles. The van der Waals surface area contributed by atoms with E-state index < -0.39 is 0 Å². The fraction of sp³-hybridized carbons (Fsp3) is 0.333. The molecular formula is C9H15Fe. The van der Waals surface area contributed by atoms with Crippen LogP contribution in [0.25, 0.3) is 0 Å². The van der Waals surface area contributed by atoms with E-state index in [2.05, 4.69) is 26.0 Å². The molecule has 0 aliphatic heterocycles. The van der Waals surface area contributed by atoms with Crippen LogP contribution in [-0.2, 0) is 17.1 Å². The Balaban J connectivity index is -0.0000000875. The Hall–Kier alpha value is -0.000519. The molecule has 0 heterocycles. The molecule has 0 atom stereocenters. The van der Waals surface area contributed by atoms with Gasteiger partial charge in [0.1, 0.15) is 0 Å². The van der Waals surface area contributed by atoms with E-state index in [9.17, 15) is 0 Å². The molecule has 1 aliphatic rings. The molecule has 0 saturated heterocycles. The van der Waals surface area contributed by atoms with Crippen LogP contribution in [0.1, 0.15) is 20.3 Å². The van der Waals surface area contributed by atoms with Crippen LogP contribution >= 0.6 is 0 Å². The predicted molar refractivity (Wildman–Crippen MR) is 43.6 cm³/mol. The third-order valence-electron chi connectivity index (χ3n) is 0.586. The zero-order valence-corrected chi connectivity index (χ0v) is 7.81. The standard InChI is InChI=1S/C5H5.2C2H5.Fe/c1-2-4-5-3-1;2*1-2;/h1-3H,4H2;2*1H2,2H3;/q3*-1;+3. The third-order valence-corrected chi connectivity index (χ3v) is 0.586. The van der Waals surface area contributed by atoms with Crippen LogP contribution in [-0.4, -0.2) is 0 Å². The molecule has 0 bridgehead atoms. The third kappa shape index (κ3) is 15.7. The Morgan fingerprint density at radius 3 is 1.80 bits per heavy atom. The van der Waals surface area contributed by atoms with Crippen molar-refractivity contribution in [2.24, 2.45) is 0 Å². The molecule has 1 heteroatoms. The Morgan fingerprint density at radius 1 is 1.20 bits per heavy atom. The van der Waals surface area contributed by atoms with E-state index in [1.165, 1.54) is 0 Å². The van der Waals surface area contributed by atoms with Gasteiger partial charge < -0.3 is 13.8 Å². The SMILES string of the molecule is [C-]1=CC=CC1.[CH2-]C.[CH2-]C.[Fe+3]. The van der Waals surface area contributed by atoms with Crippen molar-refractivity contribution in [3.63, 3.8) is 0 Å². The minimum atomic E-state index is 0. The summed E-state index contributed by atoms with van der Waals surface area (Å²) in [5.41, 5.74) is 0. The van der Waals surface area contributed by atoms with Gasteiger partial charge in [0.2, 0.25) is 0 Å². The van der Waals surface area contributed by atoms with Crippen molar-refractivity contribution >= 4 is 0 Å². The summed E-state index contributed by atoms with van der Waals surface area (Å²) < 4.78 is 0. The molecule has 1 aliphatic carbocycles. The van der Waals surface area contributed by atoms with Crippen molar-refractivity contribution < 1.29 is 17.1 Å². The molecule has 59 valence electrons. The Kier molecular flexibility index (Phi) is 38.1.